The molecule has 9 heteroatoms. The lowest BCUT2D eigenvalue weighted by molar-refractivity contribution is -0.123. The molecule has 1 unspecified atom stereocenters. The van der Waals surface area contributed by atoms with E-state index in [0.29, 0.717) is 18.8 Å². The molecule has 25 heavy (non-hydrogen) atoms. The van der Waals surface area contributed by atoms with Gasteiger partial charge in [0.05, 0.1) is 17.7 Å². The Morgan fingerprint density at radius 3 is 3.08 bits per heavy atom. The number of H-pyrrole nitrogens is 1. The average Bonchev–Trinajstić information content (AvgIpc) is 3.31. The molecule has 1 atom stereocenters. The summed E-state index contributed by atoms with van der Waals surface area (Å²) in [7, 11) is 0. The van der Waals surface area contributed by atoms with E-state index in [2.05, 4.69) is 35.6 Å². The number of fused-ring (bicyclic) bond motifs is 1. The number of carbonyl (C=O) groups excluding carboxylic acids is 1. The van der Waals surface area contributed by atoms with E-state index in [1.165, 1.54) is 11.3 Å². The third-order valence-corrected chi connectivity index (χ3v) is 4.89. The fourth-order valence-electron chi connectivity index (χ4n) is 2.79. The summed E-state index contributed by atoms with van der Waals surface area (Å²) in [5, 5.41) is 8.93. The van der Waals surface area contributed by atoms with Gasteiger partial charge < -0.3 is 15.6 Å². The van der Waals surface area contributed by atoms with Crippen LogP contribution in [0.3, 0.4) is 0 Å². The summed E-state index contributed by atoms with van der Waals surface area (Å²) in [6.45, 7) is 1.29. The third-order valence-electron chi connectivity index (χ3n) is 4.00. The number of hydrogen-bond acceptors (Lipinski definition) is 7. The number of aromatic nitrogens is 5. The van der Waals surface area contributed by atoms with Crippen LogP contribution < -0.4 is 10.6 Å². The molecule has 1 amide bonds. The van der Waals surface area contributed by atoms with Crippen LogP contribution in [0.15, 0.2) is 30.2 Å². The van der Waals surface area contributed by atoms with Gasteiger partial charge in [-0.15, -0.1) is 11.3 Å². The van der Waals surface area contributed by atoms with Gasteiger partial charge in [0.1, 0.15) is 6.04 Å². The average molecular weight is 355 g/mol. The van der Waals surface area contributed by atoms with E-state index >= 15 is 0 Å². The van der Waals surface area contributed by atoms with Crippen molar-refractivity contribution >= 4 is 17.2 Å². The van der Waals surface area contributed by atoms with Crippen LogP contribution in [0.5, 0.6) is 0 Å². The summed E-state index contributed by atoms with van der Waals surface area (Å²) in [6, 6.07) is 1.39. The third kappa shape index (κ3) is 3.42. The minimum Gasteiger partial charge on any atom is -0.354 e. The molecule has 0 aromatic carbocycles. The zero-order chi connectivity index (χ0) is 17.1. The van der Waals surface area contributed by atoms with E-state index < -0.39 is 6.04 Å². The van der Waals surface area contributed by atoms with Gasteiger partial charge in [-0.05, 0) is 6.07 Å². The van der Waals surface area contributed by atoms with Crippen LogP contribution in [0, 0.1) is 0 Å². The van der Waals surface area contributed by atoms with E-state index in [9.17, 15) is 4.79 Å². The number of carbonyl (C=O) groups is 1. The highest BCUT2D eigenvalue weighted by Crippen LogP contribution is 2.20. The molecule has 3 N–H and O–H groups in total. The number of thiazole rings is 1. The van der Waals surface area contributed by atoms with Gasteiger partial charge in [0.25, 0.3) is 0 Å². The highest BCUT2D eigenvalue weighted by atomic mass is 32.1. The van der Waals surface area contributed by atoms with E-state index in [-0.39, 0.29) is 5.91 Å². The molecule has 0 saturated heterocycles. The van der Waals surface area contributed by atoms with Gasteiger partial charge in [-0.1, -0.05) is 0 Å². The summed E-state index contributed by atoms with van der Waals surface area (Å²) in [4.78, 5) is 32.7. The van der Waals surface area contributed by atoms with E-state index in [4.69, 9.17) is 0 Å². The van der Waals surface area contributed by atoms with Gasteiger partial charge in [0.15, 0.2) is 10.8 Å². The number of nitrogens with zero attached hydrogens (tertiary/aromatic N) is 4. The van der Waals surface area contributed by atoms with Crippen molar-refractivity contribution in [1.82, 2.24) is 35.6 Å². The second-order valence-corrected chi connectivity index (χ2v) is 6.52. The van der Waals surface area contributed by atoms with Crippen LogP contribution in [0.1, 0.15) is 23.1 Å². The van der Waals surface area contributed by atoms with Crippen LogP contribution in [0.4, 0.5) is 0 Å². The first kappa shape index (κ1) is 15.9. The minimum atomic E-state index is -0.390. The Morgan fingerprint density at radius 1 is 1.32 bits per heavy atom. The van der Waals surface area contributed by atoms with Crippen molar-refractivity contribution in [3.05, 3.63) is 47.2 Å². The Bertz CT molecular complexity index is 860. The molecule has 0 radical (unpaired) electrons. The number of hydrogen-bond donors (Lipinski definition) is 3. The fourth-order valence-corrected chi connectivity index (χ4v) is 3.58. The first-order chi connectivity index (χ1) is 12.3. The van der Waals surface area contributed by atoms with E-state index in [0.717, 1.165) is 35.1 Å². The van der Waals surface area contributed by atoms with Gasteiger partial charge in [0.2, 0.25) is 5.91 Å². The molecule has 0 bridgehead atoms. The summed E-state index contributed by atoms with van der Waals surface area (Å²) in [6.07, 6.45) is 6.56. The molecular formula is C16H17N7OS. The number of rotatable bonds is 5. The van der Waals surface area contributed by atoms with Crippen LogP contribution in [-0.4, -0.2) is 43.9 Å². The normalized spacial score (nSPS) is 16.4. The van der Waals surface area contributed by atoms with Crippen molar-refractivity contribution in [3.8, 4) is 10.8 Å². The van der Waals surface area contributed by atoms with Crippen molar-refractivity contribution < 1.29 is 4.79 Å². The second kappa shape index (κ2) is 7.08. The van der Waals surface area contributed by atoms with Gasteiger partial charge in [-0.2, -0.15) is 0 Å². The molecule has 128 valence electrons. The topological polar surface area (TPSA) is 108 Å². The summed E-state index contributed by atoms with van der Waals surface area (Å²) < 4.78 is 0. The SMILES string of the molecule is O=C(NCCc1csc(-c2ncccn2)n1)C1NCCc2[nH]cnc21. The zero-order valence-corrected chi connectivity index (χ0v) is 14.2. The Kier molecular flexibility index (Phi) is 4.49. The Hall–Kier alpha value is -2.65. The van der Waals surface area contributed by atoms with Crippen LogP contribution in [0.2, 0.25) is 0 Å². The number of amides is 1. The van der Waals surface area contributed by atoms with Crippen LogP contribution in [0.25, 0.3) is 10.8 Å². The van der Waals surface area contributed by atoms with Gasteiger partial charge in [-0.25, -0.2) is 19.9 Å². The van der Waals surface area contributed by atoms with Crippen LogP contribution in [-0.2, 0) is 17.6 Å². The molecule has 1 aliphatic rings. The van der Waals surface area contributed by atoms with Crippen molar-refractivity contribution in [3.63, 3.8) is 0 Å². The molecule has 0 aliphatic carbocycles. The minimum absolute atomic E-state index is 0.0603. The second-order valence-electron chi connectivity index (χ2n) is 5.66. The first-order valence-corrected chi connectivity index (χ1v) is 8.94. The largest absolute Gasteiger partial charge is 0.354 e. The van der Waals surface area contributed by atoms with Crippen LogP contribution >= 0.6 is 11.3 Å². The molecular weight excluding hydrogens is 338 g/mol. The predicted octanol–water partition coefficient (Wildman–Crippen LogP) is 0.869. The molecule has 4 rings (SSSR count). The van der Waals surface area contributed by atoms with Crippen molar-refractivity contribution in [2.45, 2.75) is 18.9 Å². The molecule has 8 nitrogen and oxygen atoms in total. The molecule has 4 heterocycles. The number of imidazole rings is 1. The smallest absolute Gasteiger partial charge is 0.243 e. The maximum atomic E-state index is 12.4. The highest BCUT2D eigenvalue weighted by molar-refractivity contribution is 7.13. The van der Waals surface area contributed by atoms with Crippen molar-refractivity contribution in [2.24, 2.45) is 0 Å². The van der Waals surface area contributed by atoms with Gasteiger partial charge >= 0.3 is 0 Å². The lowest BCUT2D eigenvalue weighted by atomic mass is 10.1. The predicted molar refractivity (Wildman–Crippen MR) is 92.9 cm³/mol. The molecule has 3 aromatic rings. The summed E-state index contributed by atoms with van der Waals surface area (Å²) >= 11 is 1.51. The molecule has 1 aliphatic heterocycles. The molecule has 0 saturated carbocycles. The van der Waals surface area contributed by atoms with Crippen molar-refractivity contribution in [1.29, 1.82) is 0 Å². The van der Waals surface area contributed by atoms with Gasteiger partial charge in [-0.3, -0.25) is 4.79 Å². The van der Waals surface area contributed by atoms with Gasteiger partial charge in [0, 0.05) is 49.4 Å². The Morgan fingerprint density at radius 2 is 2.20 bits per heavy atom. The lowest BCUT2D eigenvalue weighted by Crippen LogP contribution is -2.42. The Labute approximate surface area is 148 Å². The Balaban J connectivity index is 1.33. The van der Waals surface area contributed by atoms with Crippen molar-refractivity contribution in [2.75, 3.05) is 13.1 Å². The number of aromatic amines is 1. The van der Waals surface area contributed by atoms with E-state index in [1.807, 2.05) is 5.38 Å². The first-order valence-electron chi connectivity index (χ1n) is 8.06. The maximum Gasteiger partial charge on any atom is 0.243 e. The summed E-state index contributed by atoms with van der Waals surface area (Å²) in [5.41, 5.74) is 2.75. The monoisotopic (exact) mass is 355 g/mol. The highest BCUT2D eigenvalue weighted by Gasteiger charge is 2.28. The lowest BCUT2D eigenvalue weighted by Gasteiger charge is -2.22. The quantitative estimate of drug-likeness (QED) is 0.627. The fraction of sp³-hybridized carbons (Fsp3) is 0.312. The standard InChI is InChI=1S/C16H17N7OS/c24-15(13-12-11(3-7-17-13)21-9-22-12)20-6-2-10-8-25-16(23-10)14-18-4-1-5-19-14/h1,4-5,8-9,13,17H,2-3,6-7H2,(H,20,24)(H,21,22). The number of nitrogens with one attached hydrogen (secondary N) is 3. The molecule has 3 aromatic heterocycles. The summed E-state index contributed by atoms with van der Waals surface area (Å²) in [5.74, 6) is 0.565. The zero-order valence-electron chi connectivity index (χ0n) is 13.4. The van der Waals surface area contributed by atoms with E-state index in [1.54, 1.807) is 24.8 Å². The molecule has 0 fully saturated rings. The molecule has 0 spiro atoms. The maximum absolute atomic E-state index is 12.4.